The molecule has 126 valence electrons. The standard InChI is InChI=1S/C20H24N2OS/c1-13-9-10-14(2)16(11-13)21-19(24)22-17-12-20(3,4)23-18-8-6-5-7-15(17)18/h5-11,17H,12H2,1-4H3,(H2,21,22,24). The number of thiocarbonyl (C=S) groups is 1. The van der Waals surface area contributed by atoms with Crippen molar-refractivity contribution in [2.45, 2.75) is 45.8 Å². The molecule has 0 bridgehead atoms. The van der Waals surface area contributed by atoms with Crippen molar-refractivity contribution in [3.63, 3.8) is 0 Å². The lowest BCUT2D eigenvalue weighted by Crippen LogP contribution is -2.42. The van der Waals surface area contributed by atoms with Crippen LogP contribution in [0.1, 0.15) is 43.0 Å². The van der Waals surface area contributed by atoms with E-state index in [1.807, 2.05) is 18.2 Å². The average molecular weight is 340 g/mol. The van der Waals surface area contributed by atoms with E-state index >= 15 is 0 Å². The maximum atomic E-state index is 6.08. The van der Waals surface area contributed by atoms with Crippen molar-refractivity contribution in [2.24, 2.45) is 0 Å². The molecule has 2 N–H and O–H groups in total. The lowest BCUT2D eigenvalue weighted by atomic mass is 9.90. The molecule has 1 atom stereocenters. The van der Waals surface area contributed by atoms with Crippen molar-refractivity contribution in [1.82, 2.24) is 5.32 Å². The quantitative estimate of drug-likeness (QED) is 0.763. The summed E-state index contributed by atoms with van der Waals surface area (Å²) in [6.07, 6.45) is 0.860. The van der Waals surface area contributed by atoms with Crippen molar-refractivity contribution >= 4 is 23.0 Å². The van der Waals surface area contributed by atoms with Gasteiger partial charge in [0.1, 0.15) is 11.4 Å². The number of benzene rings is 2. The molecule has 0 spiro atoms. The number of rotatable bonds is 2. The van der Waals surface area contributed by atoms with Gasteiger partial charge in [-0.1, -0.05) is 30.3 Å². The molecule has 3 rings (SSSR count). The van der Waals surface area contributed by atoms with Gasteiger partial charge in [-0.25, -0.2) is 0 Å². The van der Waals surface area contributed by atoms with Gasteiger partial charge in [-0.15, -0.1) is 0 Å². The fraction of sp³-hybridized carbons (Fsp3) is 0.350. The van der Waals surface area contributed by atoms with E-state index < -0.39 is 0 Å². The van der Waals surface area contributed by atoms with Gasteiger partial charge in [0.15, 0.2) is 5.11 Å². The van der Waals surface area contributed by atoms with Crippen LogP contribution in [0.2, 0.25) is 0 Å². The molecule has 1 unspecified atom stereocenters. The van der Waals surface area contributed by atoms with Crippen molar-refractivity contribution in [3.05, 3.63) is 59.2 Å². The van der Waals surface area contributed by atoms with E-state index in [0.29, 0.717) is 5.11 Å². The van der Waals surface area contributed by atoms with E-state index in [9.17, 15) is 0 Å². The molecule has 0 aliphatic carbocycles. The number of fused-ring (bicyclic) bond motifs is 1. The minimum Gasteiger partial charge on any atom is -0.487 e. The van der Waals surface area contributed by atoms with Crippen molar-refractivity contribution in [1.29, 1.82) is 0 Å². The smallest absolute Gasteiger partial charge is 0.171 e. The molecule has 24 heavy (non-hydrogen) atoms. The zero-order chi connectivity index (χ0) is 17.3. The first-order valence-corrected chi connectivity index (χ1v) is 8.68. The summed E-state index contributed by atoms with van der Waals surface area (Å²) in [5.41, 5.74) is 4.37. The predicted octanol–water partition coefficient (Wildman–Crippen LogP) is 4.89. The highest BCUT2D eigenvalue weighted by atomic mass is 32.1. The highest BCUT2D eigenvalue weighted by Crippen LogP contribution is 2.39. The van der Waals surface area contributed by atoms with Crippen LogP contribution in [-0.4, -0.2) is 10.7 Å². The number of anilines is 1. The Bertz CT molecular complexity index is 770. The summed E-state index contributed by atoms with van der Waals surface area (Å²) in [6, 6.07) is 14.6. The summed E-state index contributed by atoms with van der Waals surface area (Å²) in [4.78, 5) is 0. The molecule has 0 radical (unpaired) electrons. The van der Waals surface area contributed by atoms with Crippen LogP contribution in [0, 0.1) is 13.8 Å². The molecular weight excluding hydrogens is 316 g/mol. The zero-order valence-corrected chi connectivity index (χ0v) is 15.5. The number of hydrogen-bond donors (Lipinski definition) is 2. The molecule has 2 aromatic rings. The van der Waals surface area contributed by atoms with E-state index in [0.717, 1.165) is 23.4 Å². The van der Waals surface area contributed by atoms with E-state index in [2.05, 4.69) is 62.6 Å². The molecule has 0 saturated carbocycles. The van der Waals surface area contributed by atoms with E-state index in [1.54, 1.807) is 0 Å². The van der Waals surface area contributed by atoms with Gasteiger partial charge in [0, 0.05) is 17.7 Å². The first kappa shape index (κ1) is 16.8. The molecule has 0 aromatic heterocycles. The Morgan fingerprint density at radius 3 is 2.71 bits per heavy atom. The molecule has 2 aromatic carbocycles. The minimum atomic E-state index is -0.221. The average Bonchev–Trinajstić information content (AvgIpc) is 2.50. The van der Waals surface area contributed by atoms with Gasteiger partial charge < -0.3 is 15.4 Å². The van der Waals surface area contributed by atoms with Crippen molar-refractivity contribution in [2.75, 3.05) is 5.32 Å². The number of hydrogen-bond acceptors (Lipinski definition) is 2. The van der Waals surface area contributed by atoms with Gasteiger partial charge in [0.25, 0.3) is 0 Å². The molecule has 1 aliphatic heterocycles. The Morgan fingerprint density at radius 2 is 1.92 bits per heavy atom. The van der Waals surface area contributed by atoms with Gasteiger partial charge >= 0.3 is 0 Å². The molecule has 3 nitrogen and oxygen atoms in total. The third-order valence-corrected chi connectivity index (χ3v) is 4.54. The fourth-order valence-corrected chi connectivity index (χ4v) is 3.37. The van der Waals surface area contributed by atoms with E-state index in [4.69, 9.17) is 17.0 Å². The number of nitrogens with one attached hydrogen (secondary N) is 2. The monoisotopic (exact) mass is 340 g/mol. The summed E-state index contributed by atoms with van der Waals surface area (Å²) in [6.45, 7) is 8.38. The lowest BCUT2D eigenvalue weighted by Gasteiger charge is -2.38. The molecule has 0 amide bonds. The Kier molecular flexibility index (Phi) is 4.50. The molecular formula is C20H24N2OS. The van der Waals surface area contributed by atoms with Gasteiger partial charge in [-0.3, -0.25) is 0 Å². The summed E-state index contributed by atoms with van der Waals surface area (Å²) in [5.74, 6) is 0.931. The van der Waals surface area contributed by atoms with Crippen LogP contribution in [0.5, 0.6) is 5.75 Å². The third kappa shape index (κ3) is 3.70. The Balaban J connectivity index is 1.78. The minimum absolute atomic E-state index is 0.134. The first-order valence-electron chi connectivity index (χ1n) is 8.27. The van der Waals surface area contributed by atoms with Crippen LogP contribution in [-0.2, 0) is 0 Å². The second-order valence-electron chi connectivity index (χ2n) is 7.07. The van der Waals surface area contributed by atoms with Crippen LogP contribution >= 0.6 is 12.2 Å². The highest BCUT2D eigenvalue weighted by Gasteiger charge is 2.33. The molecule has 0 fully saturated rings. The molecule has 0 saturated heterocycles. The summed E-state index contributed by atoms with van der Waals surface area (Å²) < 4.78 is 6.08. The van der Waals surface area contributed by atoms with Gasteiger partial charge in [-0.05, 0) is 63.2 Å². The Labute approximate surface area is 149 Å². The highest BCUT2D eigenvalue weighted by molar-refractivity contribution is 7.80. The zero-order valence-electron chi connectivity index (χ0n) is 14.6. The SMILES string of the molecule is Cc1ccc(C)c(NC(=S)NC2CC(C)(C)Oc3ccccc32)c1. The van der Waals surface area contributed by atoms with Gasteiger partial charge in [0.2, 0.25) is 0 Å². The largest absolute Gasteiger partial charge is 0.487 e. The molecule has 1 heterocycles. The van der Waals surface area contributed by atoms with Crippen LogP contribution in [0.25, 0.3) is 0 Å². The third-order valence-electron chi connectivity index (χ3n) is 4.32. The van der Waals surface area contributed by atoms with Crippen LogP contribution < -0.4 is 15.4 Å². The van der Waals surface area contributed by atoms with Crippen molar-refractivity contribution in [3.8, 4) is 5.75 Å². The molecule has 4 heteroatoms. The summed E-state index contributed by atoms with van der Waals surface area (Å²) in [5, 5.41) is 7.44. The fourth-order valence-electron chi connectivity index (χ4n) is 3.12. The van der Waals surface area contributed by atoms with Crippen LogP contribution in [0.15, 0.2) is 42.5 Å². The second kappa shape index (κ2) is 6.44. The predicted molar refractivity (Wildman–Crippen MR) is 104 cm³/mol. The first-order chi connectivity index (χ1) is 11.3. The summed E-state index contributed by atoms with van der Waals surface area (Å²) in [7, 11) is 0. The van der Waals surface area contributed by atoms with Crippen molar-refractivity contribution < 1.29 is 4.74 Å². The number of para-hydroxylation sites is 1. The Hall–Kier alpha value is -2.07. The summed E-state index contributed by atoms with van der Waals surface area (Å²) >= 11 is 5.56. The number of aryl methyl sites for hydroxylation is 2. The van der Waals surface area contributed by atoms with Crippen LogP contribution in [0.4, 0.5) is 5.69 Å². The maximum absolute atomic E-state index is 6.08. The second-order valence-corrected chi connectivity index (χ2v) is 7.48. The molecule has 1 aliphatic rings. The van der Waals surface area contributed by atoms with Crippen LogP contribution in [0.3, 0.4) is 0 Å². The number of ether oxygens (including phenoxy) is 1. The van der Waals surface area contributed by atoms with Gasteiger partial charge in [-0.2, -0.15) is 0 Å². The Morgan fingerprint density at radius 1 is 1.17 bits per heavy atom. The lowest BCUT2D eigenvalue weighted by molar-refractivity contribution is 0.0697. The van der Waals surface area contributed by atoms with E-state index in [1.165, 1.54) is 11.1 Å². The topological polar surface area (TPSA) is 33.3 Å². The normalized spacial score (nSPS) is 18.2. The van der Waals surface area contributed by atoms with E-state index in [-0.39, 0.29) is 11.6 Å². The maximum Gasteiger partial charge on any atom is 0.171 e. The van der Waals surface area contributed by atoms with Gasteiger partial charge in [0.05, 0.1) is 6.04 Å².